The average molecular weight is 468 g/mol. The van der Waals surface area contributed by atoms with Gasteiger partial charge in [-0.3, -0.25) is 24.2 Å². The van der Waals surface area contributed by atoms with E-state index in [2.05, 4.69) is 5.32 Å². The number of amides is 3. The van der Waals surface area contributed by atoms with Gasteiger partial charge in [0.1, 0.15) is 16.6 Å². The lowest BCUT2D eigenvalue weighted by atomic mass is 10.1. The van der Waals surface area contributed by atoms with Crippen LogP contribution in [0.5, 0.6) is 5.75 Å². The van der Waals surface area contributed by atoms with Crippen molar-refractivity contribution in [2.24, 2.45) is 0 Å². The number of methoxy groups -OCH3 is 1. The first-order valence-electron chi connectivity index (χ1n) is 10.1. The number of para-hydroxylation sites is 1. The monoisotopic (exact) mass is 467 g/mol. The second-order valence-electron chi connectivity index (χ2n) is 7.21. The number of benzene rings is 2. The summed E-state index contributed by atoms with van der Waals surface area (Å²) in [6.07, 6.45) is 0.761. The van der Waals surface area contributed by atoms with Crippen molar-refractivity contribution in [2.45, 2.75) is 13.3 Å². The van der Waals surface area contributed by atoms with Crippen LogP contribution in [0.4, 0.5) is 11.4 Å². The first-order chi connectivity index (χ1) is 15.4. The molecule has 32 heavy (non-hydrogen) atoms. The van der Waals surface area contributed by atoms with Gasteiger partial charge in [-0.1, -0.05) is 49.1 Å². The Morgan fingerprint density at radius 2 is 1.78 bits per heavy atom. The van der Waals surface area contributed by atoms with Gasteiger partial charge in [0.05, 0.1) is 23.3 Å². The van der Waals surface area contributed by atoms with Gasteiger partial charge in [-0.25, -0.2) is 0 Å². The summed E-state index contributed by atoms with van der Waals surface area (Å²) in [5.41, 5.74) is 2.12. The van der Waals surface area contributed by atoms with Gasteiger partial charge >= 0.3 is 0 Å². The van der Waals surface area contributed by atoms with E-state index < -0.39 is 0 Å². The Morgan fingerprint density at radius 3 is 2.47 bits per heavy atom. The Balaban J connectivity index is 1.61. The van der Waals surface area contributed by atoms with Gasteiger partial charge in [-0.15, -0.1) is 0 Å². The molecular weight excluding hydrogens is 446 g/mol. The summed E-state index contributed by atoms with van der Waals surface area (Å²) >= 11 is 6.50. The lowest BCUT2D eigenvalue weighted by Gasteiger charge is -2.17. The SMILES string of the molecule is CCCN1C(=O)/C(=C2/C(=O)N(CC(=O)Nc3ccc(OC)cc3)c3ccccc32)SC1=S. The summed E-state index contributed by atoms with van der Waals surface area (Å²) in [4.78, 5) is 42.3. The highest BCUT2D eigenvalue weighted by Crippen LogP contribution is 2.44. The van der Waals surface area contributed by atoms with E-state index in [1.54, 1.807) is 55.6 Å². The fourth-order valence-corrected chi connectivity index (χ4v) is 5.02. The first-order valence-corrected chi connectivity index (χ1v) is 11.3. The molecule has 0 aliphatic carbocycles. The number of nitrogens with zero attached hydrogens (tertiary/aromatic N) is 2. The van der Waals surface area contributed by atoms with Crippen LogP contribution in [0.2, 0.25) is 0 Å². The summed E-state index contributed by atoms with van der Waals surface area (Å²) in [6.45, 7) is 2.29. The van der Waals surface area contributed by atoms with Crippen molar-refractivity contribution in [3.63, 3.8) is 0 Å². The van der Waals surface area contributed by atoms with Crippen LogP contribution < -0.4 is 15.0 Å². The van der Waals surface area contributed by atoms with Gasteiger partial charge in [0, 0.05) is 17.8 Å². The van der Waals surface area contributed by atoms with Crippen molar-refractivity contribution in [1.29, 1.82) is 0 Å². The van der Waals surface area contributed by atoms with E-state index in [0.717, 1.165) is 18.2 Å². The molecule has 2 heterocycles. The number of fused-ring (bicyclic) bond motifs is 1. The highest BCUT2D eigenvalue weighted by Gasteiger charge is 2.42. The van der Waals surface area contributed by atoms with Crippen LogP contribution in [-0.2, 0) is 14.4 Å². The maximum atomic E-state index is 13.4. The molecule has 2 aliphatic rings. The Labute approximate surface area is 195 Å². The zero-order chi connectivity index (χ0) is 22.8. The summed E-state index contributed by atoms with van der Waals surface area (Å²) in [7, 11) is 1.57. The topological polar surface area (TPSA) is 79.0 Å². The highest BCUT2D eigenvalue weighted by atomic mass is 32.2. The molecule has 1 fully saturated rings. The van der Waals surface area contributed by atoms with E-state index in [0.29, 0.717) is 44.0 Å². The Kier molecular flexibility index (Phi) is 6.29. The maximum Gasteiger partial charge on any atom is 0.267 e. The lowest BCUT2D eigenvalue weighted by Crippen LogP contribution is -2.35. The van der Waals surface area contributed by atoms with Crippen LogP contribution in [0, 0.1) is 0 Å². The molecule has 4 rings (SSSR count). The predicted octanol–water partition coefficient (Wildman–Crippen LogP) is 3.66. The van der Waals surface area contributed by atoms with Crippen LogP contribution in [0.15, 0.2) is 53.4 Å². The second kappa shape index (κ2) is 9.13. The van der Waals surface area contributed by atoms with Gasteiger partial charge in [-0.05, 0) is 36.8 Å². The van der Waals surface area contributed by atoms with Crippen molar-refractivity contribution in [3.8, 4) is 5.75 Å². The molecular formula is C23H21N3O4S2. The average Bonchev–Trinajstić information content (AvgIpc) is 3.22. The van der Waals surface area contributed by atoms with Crippen molar-refractivity contribution >= 4 is 63.0 Å². The van der Waals surface area contributed by atoms with Crippen LogP contribution in [0.25, 0.3) is 5.57 Å². The number of rotatable bonds is 6. The number of anilines is 2. The lowest BCUT2D eigenvalue weighted by molar-refractivity contribution is -0.122. The number of nitrogens with one attached hydrogen (secondary N) is 1. The molecule has 0 unspecified atom stereocenters. The van der Waals surface area contributed by atoms with Crippen molar-refractivity contribution < 1.29 is 19.1 Å². The van der Waals surface area contributed by atoms with Gasteiger partial charge in [0.15, 0.2) is 0 Å². The predicted molar refractivity (Wildman–Crippen MR) is 130 cm³/mol. The van der Waals surface area contributed by atoms with Crippen LogP contribution in [0.3, 0.4) is 0 Å². The van der Waals surface area contributed by atoms with Crippen LogP contribution in [-0.4, -0.2) is 47.1 Å². The standard InChI is InChI=1S/C23H21N3O4S2/c1-3-12-25-22(29)20(32-23(25)31)19-16-6-4-5-7-17(16)26(21(19)28)13-18(27)24-14-8-10-15(30-2)11-9-14/h4-11H,3,12-13H2,1-2H3,(H,24,27)/b20-19-. The third kappa shape index (κ3) is 4.01. The fourth-order valence-electron chi connectivity index (χ4n) is 3.64. The van der Waals surface area contributed by atoms with Gasteiger partial charge in [0.25, 0.3) is 11.8 Å². The van der Waals surface area contributed by atoms with Crippen molar-refractivity contribution in [3.05, 3.63) is 59.0 Å². The molecule has 1 saturated heterocycles. The van der Waals surface area contributed by atoms with E-state index >= 15 is 0 Å². The minimum absolute atomic E-state index is 0.180. The highest BCUT2D eigenvalue weighted by molar-refractivity contribution is 8.26. The largest absolute Gasteiger partial charge is 0.497 e. The molecule has 2 aliphatic heterocycles. The third-order valence-corrected chi connectivity index (χ3v) is 6.57. The normalized spacial score (nSPS) is 17.8. The number of carbonyl (C=O) groups excluding carboxylic acids is 3. The summed E-state index contributed by atoms with van der Waals surface area (Å²) in [5, 5.41) is 2.79. The molecule has 0 saturated carbocycles. The summed E-state index contributed by atoms with van der Waals surface area (Å²) in [5.74, 6) is -0.313. The zero-order valence-corrected chi connectivity index (χ0v) is 19.2. The minimum Gasteiger partial charge on any atom is -0.497 e. The number of carbonyl (C=O) groups is 3. The maximum absolute atomic E-state index is 13.4. The van der Waals surface area contributed by atoms with Crippen LogP contribution in [0.1, 0.15) is 18.9 Å². The zero-order valence-electron chi connectivity index (χ0n) is 17.6. The van der Waals surface area contributed by atoms with Gasteiger partial charge in [-0.2, -0.15) is 0 Å². The Bertz CT molecular complexity index is 1140. The van der Waals surface area contributed by atoms with Crippen LogP contribution >= 0.6 is 24.0 Å². The molecule has 164 valence electrons. The van der Waals surface area contributed by atoms with Gasteiger partial charge in [0.2, 0.25) is 5.91 Å². The van der Waals surface area contributed by atoms with Crippen molar-refractivity contribution in [2.75, 3.05) is 30.4 Å². The molecule has 2 aromatic carbocycles. The fraction of sp³-hybridized carbons (Fsp3) is 0.217. The smallest absolute Gasteiger partial charge is 0.267 e. The molecule has 0 spiro atoms. The van der Waals surface area contributed by atoms with Crippen molar-refractivity contribution in [1.82, 2.24) is 4.90 Å². The second-order valence-corrected chi connectivity index (χ2v) is 8.86. The third-order valence-electron chi connectivity index (χ3n) is 5.12. The molecule has 1 N–H and O–H groups in total. The van der Waals surface area contributed by atoms with E-state index in [-0.39, 0.29) is 24.3 Å². The van der Waals surface area contributed by atoms with Gasteiger partial charge < -0.3 is 10.1 Å². The molecule has 0 aromatic heterocycles. The minimum atomic E-state index is -0.381. The number of hydrogen-bond donors (Lipinski definition) is 1. The molecule has 0 bridgehead atoms. The molecule has 9 heteroatoms. The first kappa shape index (κ1) is 22.0. The Hall–Kier alpha value is -3.17. The molecule has 3 amide bonds. The number of hydrogen-bond acceptors (Lipinski definition) is 6. The number of thioether (sulfide) groups is 1. The Morgan fingerprint density at radius 1 is 1.06 bits per heavy atom. The molecule has 0 radical (unpaired) electrons. The summed E-state index contributed by atoms with van der Waals surface area (Å²) in [6, 6.07) is 14.1. The summed E-state index contributed by atoms with van der Waals surface area (Å²) < 4.78 is 5.57. The number of ether oxygens (including phenoxy) is 1. The molecule has 2 aromatic rings. The van der Waals surface area contributed by atoms with E-state index in [1.165, 1.54) is 9.80 Å². The number of thiocarbonyl (C=S) groups is 1. The van der Waals surface area contributed by atoms with E-state index in [1.807, 2.05) is 6.92 Å². The van der Waals surface area contributed by atoms with E-state index in [9.17, 15) is 14.4 Å². The molecule has 7 nitrogen and oxygen atoms in total. The quantitative estimate of drug-likeness (QED) is 0.516. The van der Waals surface area contributed by atoms with E-state index in [4.69, 9.17) is 17.0 Å². The molecule has 0 atom stereocenters.